The van der Waals surface area contributed by atoms with Crippen LogP contribution in [0.25, 0.3) is 11.3 Å². The summed E-state index contributed by atoms with van der Waals surface area (Å²) in [5, 5.41) is 8.04. The maximum absolute atomic E-state index is 13.4. The second kappa shape index (κ2) is 8.46. The van der Waals surface area contributed by atoms with Gasteiger partial charge in [0.2, 0.25) is 0 Å². The number of rotatable bonds is 5. The van der Waals surface area contributed by atoms with Gasteiger partial charge in [-0.05, 0) is 49.8 Å². The summed E-state index contributed by atoms with van der Waals surface area (Å²) in [6, 6.07) is 13.6. The highest BCUT2D eigenvalue weighted by Gasteiger charge is 2.48. The summed E-state index contributed by atoms with van der Waals surface area (Å²) in [6.07, 6.45) is 6.27. The molecule has 4 heterocycles. The number of carbonyl (C=O) groups excluding carboxylic acids is 1. The van der Waals surface area contributed by atoms with E-state index in [1.54, 1.807) is 0 Å². The molecule has 1 aliphatic carbocycles. The van der Waals surface area contributed by atoms with Crippen molar-refractivity contribution >= 4 is 11.8 Å². The number of amides is 2. The highest BCUT2D eigenvalue weighted by Crippen LogP contribution is 2.45. The van der Waals surface area contributed by atoms with E-state index < -0.39 is 6.61 Å². The van der Waals surface area contributed by atoms with E-state index in [0.29, 0.717) is 24.3 Å². The molecular formula is C26H28F2N6O2. The Bertz CT molecular complexity index is 1290. The van der Waals surface area contributed by atoms with E-state index in [9.17, 15) is 13.6 Å². The highest BCUT2D eigenvalue weighted by atomic mass is 19.3. The number of halogens is 2. The predicted molar refractivity (Wildman–Crippen MR) is 129 cm³/mol. The van der Waals surface area contributed by atoms with Gasteiger partial charge in [0.15, 0.2) is 11.6 Å². The molecule has 188 valence electrons. The number of fused-ring (bicyclic) bond motifs is 2. The minimum atomic E-state index is -2.99. The number of hydrogen-bond acceptors (Lipinski definition) is 5. The zero-order valence-corrected chi connectivity index (χ0v) is 19.8. The van der Waals surface area contributed by atoms with Crippen molar-refractivity contribution in [3.63, 3.8) is 0 Å². The molecule has 6 rings (SSSR count). The molecule has 1 atom stereocenters. The zero-order chi connectivity index (χ0) is 24.9. The number of nitrogens with two attached hydrogens (primary N) is 1. The largest absolute Gasteiger partial charge is 0.431 e. The van der Waals surface area contributed by atoms with Crippen molar-refractivity contribution in [2.45, 2.75) is 56.2 Å². The summed E-state index contributed by atoms with van der Waals surface area (Å²) in [5.41, 5.74) is 8.62. The van der Waals surface area contributed by atoms with Crippen LogP contribution in [0, 0.1) is 0 Å². The van der Waals surface area contributed by atoms with Gasteiger partial charge in [-0.25, -0.2) is 9.78 Å². The number of hydrogen-bond donors (Lipinski definition) is 2. The average molecular weight is 495 g/mol. The Balaban J connectivity index is 1.20. The average Bonchev–Trinajstić information content (AvgIpc) is 3.55. The van der Waals surface area contributed by atoms with Gasteiger partial charge in [-0.1, -0.05) is 30.3 Å². The van der Waals surface area contributed by atoms with Crippen LogP contribution in [0.4, 0.5) is 19.4 Å². The summed E-state index contributed by atoms with van der Waals surface area (Å²) in [5.74, 6) is -0.267. The van der Waals surface area contributed by atoms with Crippen LogP contribution in [-0.2, 0) is 17.5 Å². The topological polar surface area (TPSA) is 98.3 Å². The van der Waals surface area contributed by atoms with Crippen LogP contribution in [-0.4, -0.2) is 45.4 Å². The first-order valence-electron chi connectivity index (χ1n) is 12.3. The molecule has 2 aliphatic heterocycles. The van der Waals surface area contributed by atoms with Gasteiger partial charge in [-0.3, -0.25) is 4.68 Å². The molecule has 2 fully saturated rings. The van der Waals surface area contributed by atoms with Crippen LogP contribution in [0.1, 0.15) is 43.4 Å². The summed E-state index contributed by atoms with van der Waals surface area (Å²) >= 11 is 0. The van der Waals surface area contributed by atoms with Gasteiger partial charge in [-0.15, -0.1) is 0 Å². The van der Waals surface area contributed by atoms with Gasteiger partial charge in [0, 0.05) is 42.5 Å². The summed E-state index contributed by atoms with van der Waals surface area (Å²) in [6.45, 7) is -0.959. The van der Waals surface area contributed by atoms with Crippen LogP contribution in [0.15, 0.2) is 48.7 Å². The molecule has 8 nitrogen and oxygen atoms in total. The second-order valence-electron chi connectivity index (χ2n) is 10.1. The van der Waals surface area contributed by atoms with Crippen LogP contribution >= 0.6 is 0 Å². The number of anilines is 1. The Labute approximate surface area is 207 Å². The van der Waals surface area contributed by atoms with Crippen LogP contribution < -0.4 is 15.8 Å². The second-order valence-corrected chi connectivity index (χ2v) is 10.1. The minimum Gasteiger partial charge on any atom is -0.431 e. The van der Waals surface area contributed by atoms with Gasteiger partial charge < -0.3 is 20.7 Å². The van der Waals surface area contributed by atoms with E-state index in [1.807, 2.05) is 33.8 Å². The molecule has 1 spiro atoms. The molecule has 3 aromatic rings. The Morgan fingerprint density at radius 2 is 1.89 bits per heavy atom. The maximum atomic E-state index is 13.4. The van der Waals surface area contributed by atoms with E-state index in [0.717, 1.165) is 49.9 Å². The normalized spacial score (nSPS) is 22.0. The lowest BCUT2D eigenvalue weighted by atomic mass is 9.72. The third kappa shape index (κ3) is 3.75. The lowest BCUT2D eigenvalue weighted by molar-refractivity contribution is -0.0494. The lowest BCUT2D eigenvalue weighted by Crippen LogP contribution is -2.54. The molecule has 1 saturated heterocycles. The fraction of sp³-hybridized carbons (Fsp3) is 0.423. The van der Waals surface area contributed by atoms with Gasteiger partial charge in [-0.2, -0.15) is 13.9 Å². The first-order valence-corrected chi connectivity index (χ1v) is 12.3. The number of nitrogens with one attached hydrogen (secondary N) is 1. The summed E-state index contributed by atoms with van der Waals surface area (Å²) in [4.78, 5) is 19.3. The van der Waals surface area contributed by atoms with Crippen LogP contribution in [0.5, 0.6) is 5.75 Å². The zero-order valence-electron chi connectivity index (χ0n) is 19.8. The maximum Gasteiger partial charge on any atom is 0.387 e. The summed E-state index contributed by atoms with van der Waals surface area (Å²) in [7, 11) is 0. The molecule has 2 aromatic heterocycles. The van der Waals surface area contributed by atoms with Crippen molar-refractivity contribution in [1.82, 2.24) is 25.0 Å². The Morgan fingerprint density at radius 3 is 2.61 bits per heavy atom. The molecule has 36 heavy (non-hydrogen) atoms. The Kier molecular flexibility index (Phi) is 5.35. The number of nitrogen functional groups attached to an aromatic ring is 1. The third-order valence-corrected chi connectivity index (χ3v) is 8.04. The van der Waals surface area contributed by atoms with Crippen molar-refractivity contribution < 1.29 is 18.3 Å². The van der Waals surface area contributed by atoms with Crippen molar-refractivity contribution in [2.75, 3.05) is 18.8 Å². The SMILES string of the molecule is Nc1ncc(-c2cc3n(n2)CC[C@@]32CCN(C(=O)NC3(c4ccccc4)CCC3)C2)cc1OC(F)F. The van der Waals surface area contributed by atoms with E-state index in [1.165, 1.54) is 12.3 Å². The fourth-order valence-corrected chi connectivity index (χ4v) is 5.90. The highest BCUT2D eigenvalue weighted by molar-refractivity contribution is 5.76. The number of carbonyl (C=O) groups is 1. The molecule has 0 unspecified atom stereocenters. The van der Waals surface area contributed by atoms with Crippen molar-refractivity contribution in [2.24, 2.45) is 0 Å². The quantitative estimate of drug-likeness (QED) is 0.552. The number of urea groups is 1. The lowest BCUT2D eigenvalue weighted by Gasteiger charge is -2.44. The van der Waals surface area contributed by atoms with Gasteiger partial charge in [0.05, 0.1) is 11.2 Å². The first kappa shape index (κ1) is 22.8. The van der Waals surface area contributed by atoms with Crippen LogP contribution in [0.2, 0.25) is 0 Å². The smallest absolute Gasteiger partial charge is 0.387 e. The van der Waals surface area contributed by atoms with E-state index in [4.69, 9.17) is 10.8 Å². The summed E-state index contributed by atoms with van der Waals surface area (Å²) < 4.78 is 31.9. The van der Waals surface area contributed by atoms with Crippen LogP contribution in [0.3, 0.4) is 0 Å². The molecule has 3 aliphatic rings. The number of benzene rings is 1. The molecule has 3 N–H and O–H groups in total. The molecule has 10 heteroatoms. The Hall–Kier alpha value is -3.69. The van der Waals surface area contributed by atoms with Gasteiger partial charge >= 0.3 is 12.6 Å². The fourth-order valence-electron chi connectivity index (χ4n) is 5.90. The molecule has 1 aromatic carbocycles. The third-order valence-electron chi connectivity index (χ3n) is 8.04. The molecular weight excluding hydrogens is 466 g/mol. The predicted octanol–water partition coefficient (Wildman–Crippen LogP) is 4.26. The van der Waals surface area contributed by atoms with E-state index >= 15 is 0 Å². The molecule has 2 amide bonds. The van der Waals surface area contributed by atoms with Gasteiger partial charge in [0.25, 0.3) is 0 Å². The number of aryl methyl sites for hydroxylation is 1. The monoisotopic (exact) mass is 494 g/mol. The molecule has 1 saturated carbocycles. The number of ether oxygens (including phenoxy) is 1. The van der Waals surface area contributed by atoms with E-state index in [2.05, 4.69) is 27.2 Å². The number of pyridine rings is 1. The van der Waals surface area contributed by atoms with Crippen molar-refractivity contribution in [1.29, 1.82) is 0 Å². The first-order chi connectivity index (χ1) is 17.4. The molecule has 0 radical (unpaired) electrons. The van der Waals surface area contributed by atoms with Crippen molar-refractivity contribution in [3.8, 4) is 17.0 Å². The van der Waals surface area contributed by atoms with Crippen molar-refractivity contribution in [3.05, 3.63) is 59.9 Å². The minimum absolute atomic E-state index is 0.0230. The number of alkyl halides is 2. The van der Waals surface area contributed by atoms with E-state index in [-0.39, 0.29) is 28.6 Å². The molecule has 0 bridgehead atoms. The number of likely N-dealkylation sites (tertiary alicyclic amines) is 1. The standard InChI is InChI=1S/C26H28F2N6O2/c27-23(28)36-20-13-17(15-30-22(20)29)19-14-21-25(10-12-34(21)32-19)9-11-33(16-25)24(35)31-26(7-4-8-26)18-5-2-1-3-6-18/h1-3,5-6,13-15,23H,4,7-12,16H2,(H2,29,30)(H,31,35)/t25-/m1/s1. The van der Waals surface area contributed by atoms with Gasteiger partial charge in [0.1, 0.15) is 0 Å². The Morgan fingerprint density at radius 1 is 1.11 bits per heavy atom. The number of aromatic nitrogens is 3. The number of nitrogens with zero attached hydrogens (tertiary/aromatic N) is 4.